The zero-order valence-electron chi connectivity index (χ0n) is 11.4. The number of aliphatic hydroxyl groups excluding tert-OH is 1. The van der Waals surface area contributed by atoms with Gasteiger partial charge in [-0.1, -0.05) is 0 Å². The predicted molar refractivity (Wildman–Crippen MR) is 78.8 cm³/mol. The molecule has 0 atom stereocenters. The van der Waals surface area contributed by atoms with E-state index in [4.69, 9.17) is 5.11 Å². The topological polar surface area (TPSA) is 78.2 Å². The summed E-state index contributed by atoms with van der Waals surface area (Å²) in [4.78, 5) is 33.2. The molecule has 1 aliphatic heterocycles. The minimum Gasteiger partial charge on any atom is -0.395 e. The van der Waals surface area contributed by atoms with Crippen LogP contribution in [0.4, 0.5) is 0 Å². The second-order valence-corrected chi connectivity index (χ2v) is 5.76. The summed E-state index contributed by atoms with van der Waals surface area (Å²) in [6, 6.07) is 0. The summed E-state index contributed by atoms with van der Waals surface area (Å²) in [5, 5.41) is 10.7. The van der Waals surface area contributed by atoms with E-state index in [1.165, 1.54) is 21.9 Å². The van der Waals surface area contributed by atoms with E-state index in [1.807, 2.05) is 0 Å². The Kier molecular flexibility index (Phi) is 4.00. The molecule has 0 bridgehead atoms. The molecule has 8 heteroatoms. The number of nitrogens with zero attached hydrogens (tertiary/aromatic N) is 4. The van der Waals surface area contributed by atoms with Gasteiger partial charge in [-0.25, -0.2) is 4.98 Å². The van der Waals surface area contributed by atoms with Gasteiger partial charge in [0, 0.05) is 50.5 Å². The molecule has 1 amide bonds. The lowest BCUT2D eigenvalue weighted by Gasteiger charge is -2.34. The molecule has 0 radical (unpaired) electrons. The number of piperazine rings is 1. The van der Waals surface area contributed by atoms with E-state index in [0.29, 0.717) is 37.7 Å². The lowest BCUT2D eigenvalue weighted by atomic mass is 10.2. The molecular formula is C13H16N4O3S. The van der Waals surface area contributed by atoms with Gasteiger partial charge in [-0.3, -0.25) is 18.9 Å². The summed E-state index contributed by atoms with van der Waals surface area (Å²) >= 11 is 1.36. The van der Waals surface area contributed by atoms with Gasteiger partial charge in [0.1, 0.15) is 5.56 Å². The zero-order valence-corrected chi connectivity index (χ0v) is 12.3. The van der Waals surface area contributed by atoms with Crippen LogP contribution < -0.4 is 5.56 Å². The van der Waals surface area contributed by atoms with Crippen molar-refractivity contribution < 1.29 is 9.90 Å². The fraction of sp³-hybridized carbons (Fsp3) is 0.462. The number of β-amino-alcohol motifs (C(OH)–C–C–N with tert-alkyl or cyclic N) is 1. The van der Waals surface area contributed by atoms with Crippen LogP contribution in [0.2, 0.25) is 0 Å². The van der Waals surface area contributed by atoms with E-state index >= 15 is 0 Å². The van der Waals surface area contributed by atoms with Crippen LogP contribution in [0.3, 0.4) is 0 Å². The van der Waals surface area contributed by atoms with E-state index in [1.54, 1.807) is 16.5 Å². The van der Waals surface area contributed by atoms with Crippen molar-refractivity contribution in [1.82, 2.24) is 19.2 Å². The number of hydrogen-bond donors (Lipinski definition) is 1. The van der Waals surface area contributed by atoms with Gasteiger partial charge in [-0.15, -0.1) is 11.3 Å². The highest BCUT2D eigenvalue weighted by Crippen LogP contribution is 2.09. The van der Waals surface area contributed by atoms with Gasteiger partial charge in [-0.2, -0.15) is 0 Å². The average molecular weight is 308 g/mol. The third kappa shape index (κ3) is 2.69. The third-order valence-electron chi connectivity index (χ3n) is 3.65. The summed E-state index contributed by atoms with van der Waals surface area (Å²) in [5.74, 6) is -0.267. The van der Waals surface area contributed by atoms with E-state index in [2.05, 4.69) is 9.88 Å². The second kappa shape index (κ2) is 5.92. The van der Waals surface area contributed by atoms with Crippen LogP contribution in [0.5, 0.6) is 0 Å². The minimum absolute atomic E-state index is 0.113. The number of amides is 1. The van der Waals surface area contributed by atoms with E-state index in [9.17, 15) is 9.59 Å². The Morgan fingerprint density at radius 1 is 1.33 bits per heavy atom. The number of hydrogen-bond acceptors (Lipinski definition) is 6. The molecule has 3 rings (SSSR count). The molecule has 0 aliphatic carbocycles. The highest BCUT2D eigenvalue weighted by atomic mass is 32.1. The first-order valence-electron chi connectivity index (χ1n) is 6.78. The summed E-state index contributed by atoms with van der Waals surface area (Å²) in [5.41, 5.74) is -0.203. The number of carbonyl (C=O) groups is 1. The van der Waals surface area contributed by atoms with Crippen molar-refractivity contribution in [3.63, 3.8) is 0 Å². The first-order chi connectivity index (χ1) is 10.2. The SMILES string of the molecule is O=C(c1cnc2sccn2c1=O)N1CCN(CCO)CC1. The van der Waals surface area contributed by atoms with Crippen LogP contribution >= 0.6 is 11.3 Å². The van der Waals surface area contributed by atoms with Gasteiger partial charge < -0.3 is 10.0 Å². The summed E-state index contributed by atoms with van der Waals surface area (Å²) in [7, 11) is 0. The average Bonchev–Trinajstić information content (AvgIpc) is 2.98. The van der Waals surface area contributed by atoms with Crippen molar-refractivity contribution in [3.8, 4) is 0 Å². The van der Waals surface area contributed by atoms with Gasteiger partial charge in [0.2, 0.25) is 0 Å². The number of thiazole rings is 1. The highest BCUT2D eigenvalue weighted by molar-refractivity contribution is 7.15. The van der Waals surface area contributed by atoms with Crippen molar-refractivity contribution in [2.45, 2.75) is 0 Å². The van der Waals surface area contributed by atoms with Crippen molar-refractivity contribution in [3.05, 3.63) is 33.7 Å². The number of aromatic nitrogens is 2. The van der Waals surface area contributed by atoms with Crippen LogP contribution in [0.15, 0.2) is 22.6 Å². The molecule has 3 heterocycles. The Hall–Kier alpha value is -1.77. The Morgan fingerprint density at radius 3 is 2.81 bits per heavy atom. The molecule has 112 valence electrons. The van der Waals surface area contributed by atoms with Crippen LogP contribution in [-0.4, -0.2) is 69.5 Å². The highest BCUT2D eigenvalue weighted by Gasteiger charge is 2.24. The lowest BCUT2D eigenvalue weighted by molar-refractivity contribution is 0.0612. The molecule has 7 nitrogen and oxygen atoms in total. The normalized spacial score (nSPS) is 16.5. The fourth-order valence-electron chi connectivity index (χ4n) is 2.46. The van der Waals surface area contributed by atoms with Gasteiger partial charge in [-0.05, 0) is 0 Å². The fourth-order valence-corrected chi connectivity index (χ4v) is 3.13. The monoisotopic (exact) mass is 308 g/mol. The quantitative estimate of drug-likeness (QED) is 0.827. The zero-order chi connectivity index (χ0) is 14.8. The number of carbonyl (C=O) groups excluding carboxylic acids is 1. The Labute approximate surface area is 125 Å². The van der Waals surface area contributed by atoms with Gasteiger partial charge >= 0.3 is 0 Å². The van der Waals surface area contributed by atoms with Crippen LogP contribution in [0.1, 0.15) is 10.4 Å². The van der Waals surface area contributed by atoms with Crippen LogP contribution in [0.25, 0.3) is 4.96 Å². The molecule has 1 aliphatic rings. The van der Waals surface area contributed by atoms with E-state index in [-0.39, 0.29) is 23.6 Å². The van der Waals surface area contributed by atoms with Crippen LogP contribution in [0, 0.1) is 0 Å². The maximum absolute atomic E-state index is 12.5. The van der Waals surface area contributed by atoms with E-state index in [0.717, 1.165) is 0 Å². The van der Waals surface area contributed by atoms with E-state index < -0.39 is 0 Å². The van der Waals surface area contributed by atoms with Gasteiger partial charge in [0.15, 0.2) is 4.96 Å². The second-order valence-electron chi connectivity index (χ2n) is 4.89. The molecule has 2 aromatic rings. The summed E-state index contributed by atoms with van der Waals surface area (Å²) in [6.45, 7) is 3.28. The van der Waals surface area contributed by atoms with Crippen molar-refractivity contribution in [1.29, 1.82) is 0 Å². The van der Waals surface area contributed by atoms with Crippen molar-refractivity contribution in [2.75, 3.05) is 39.3 Å². The Bertz CT molecular complexity index is 703. The Morgan fingerprint density at radius 2 is 2.10 bits per heavy atom. The Balaban J connectivity index is 1.78. The largest absolute Gasteiger partial charge is 0.395 e. The standard InChI is InChI=1S/C13H16N4O3S/c18-7-5-15-1-3-16(4-2-15)11(19)10-9-14-13-17(12(10)20)6-8-21-13/h6,8-9,18H,1-5,7H2. The first kappa shape index (κ1) is 14.2. The molecule has 21 heavy (non-hydrogen) atoms. The molecule has 0 saturated carbocycles. The first-order valence-corrected chi connectivity index (χ1v) is 7.66. The van der Waals surface area contributed by atoms with Crippen molar-refractivity contribution in [2.24, 2.45) is 0 Å². The van der Waals surface area contributed by atoms with Gasteiger partial charge in [0.25, 0.3) is 11.5 Å². The minimum atomic E-state index is -0.316. The molecule has 1 saturated heterocycles. The maximum atomic E-state index is 12.5. The molecular weight excluding hydrogens is 292 g/mol. The maximum Gasteiger partial charge on any atom is 0.271 e. The smallest absolute Gasteiger partial charge is 0.271 e. The third-order valence-corrected chi connectivity index (χ3v) is 4.42. The summed E-state index contributed by atoms with van der Waals surface area (Å²) in [6.07, 6.45) is 3.00. The molecule has 2 aromatic heterocycles. The molecule has 0 unspecified atom stereocenters. The lowest BCUT2D eigenvalue weighted by Crippen LogP contribution is -2.50. The number of aliphatic hydroxyl groups is 1. The van der Waals surface area contributed by atoms with Crippen molar-refractivity contribution >= 4 is 22.2 Å². The molecule has 0 aromatic carbocycles. The molecule has 1 fully saturated rings. The molecule has 1 N–H and O–H groups in total. The van der Waals surface area contributed by atoms with Crippen LogP contribution in [-0.2, 0) is 0 Å². The predicted octanol–water partition coefficient (Wildman–Crippen LogP) is -0.494. The van der Waals surface area contributed by atoms with Gasteiger partial charge in [0.05, 0.1) is 6.61 Å². The number of fused-ring (bicyclic) bond motifs is 1. The molecule has 0 spiro atoms. The summed E-state index contributed by atoms with van der Waals surface area (Å²) < 4.78 is 1.40. The number of rotatable bonds is 3.